The molecule has 0 radical (unpaired) electrons. The summed E-state index contributed by atoms with van der Waals surface area (Å²) in [6.07, 6.45) is -1.26. The fourth-order valence-electron chi connectivity index (χ4n) is 2.20. The Morgan fingerprint density at radius 3 is 2.36 bits per heavy atom. The highest BCUT2D eigenvalue weighted by atomic mass is 16.6. The molecule has 1 amide bonds. The van der Waals surface area contributed by atoms with Crippen molar-refractivity contribution in [3.8, 4) is 5.75 Å². The van der Waals surface area contributed by atoms with E-state index in [1.807, 2.05) is 0 Å². The van der Waals surface area contributed by atoms with Crippen LogP contribution in [-0.4, -0.2) is 38.8 Å². The smallest absolute Gasteiger partial charge is 0.408 e. The van der Waals surface area contributed by atoms with Crippen LogP contribution in [0.25, 0.3) is 0 Å². The summed E-state index contributed by atoms with van der Waals surface area (Å²) < 4.78 is 5.01. The lowest BCUT2D eigenvalue weighted by Gasteiger charge is -2.22. The van der Waals surface area contributed by atoms with Crippen LogP contribution in [0.5, 0.6) is 5.75 Å². The Balaban J connectivity index is 3.13. The van der Waals surface area contributed by atoms with Crippen molar-refractivity contribution >= 4 is 17.7 Å². The molecule has 25 heavy (non-hydrogen) atoms. The van der Waals surface area contributed by atoms with E-state index in [-0.39, 0.29) is 12.0 Å². The van der Waals surface area contributed by atoms with Gasteiger partial charge < -0.3 is 20.3 Å². The number of aromatic hydroxyl groups is 1. The van der Waals surface area contributed by atoms with Crippen molar-refractivity contribution in [1.29, 1.82) is 0 Å². The van der Waals surface area contributed by atoms with Gasteiger partial charge in [0, 0.05) is 17.5 Å². The Morgan fingerprint density at radius 2 is 1.92 bits per heavy atom. The van der Waals surface area contributed by atoms with E-state index in [4.69, 9.17) is 4.74 Å². The number of nitro groups is 1. The quantitative estimate of drug-likeness (QED) is 0.545. The van der Waals surface area contributed by atoms with Gasteiger partial charge in [0.2, 0.25) is 0 Å². The number of nitrogens with zero attached hydrogens (tertiary/aromatic N) is 1. The van der Waals surface area contributed by atoms with Crippen LogP contribution in [-0.2, 0) is 16.0 Å². The minimum atomic E-state index is -1.41. The number of rotatable bonds is 5. The lowest BCUT2D eigenvalue weighted by atomic mass is 9.97. The number of carbonyl (C=O) groups is 2. The van der Waals surface area contributed by atoms with Gasteiger partial charge in [-0.3, -0.25) is 10.1 Å². The molecule has 0 aliphatic carbocycles. The monoisotopic (exact) mass is 354 g/mol. The Hall–Kier alpha value is -2.84. The first-order valence-corrected chi connectivity index (χ1v) is 7.52. The average Bonchev–Trinajstić information content (AvgIpc) is 2.41. The van der Waals surface area contributed by atoms with E-state index >= 15 is 0 Å². The molecule has 1 unspecified atom stereocenters. The van der Waals surface area contributed by atoms with Gasteiger partial charge in [-0.05, 0) is 40.2 Å². The largest absolute Gasteiger partial charge is 0.502 e. The van der Waals surface area contributed by atoms with Crippen LogP contribution < -0.4 is 5.32 Å². The normalized spacial score (nSPS) is 12.4. The van der Waals surface area contributed by atoms with Crippen molar-refractivity contribution in [3.05, 3.63) is 32.9 Å². The maximum atomic E-state index is 11.8. The number of carboxylic acid groups (broad SMARTS) is 1. The highest BCUT2D eigenvalue weighted by molar-refractivity contribution is 5.80. The molecule has 0 spiro atoms. The number of phenolic OH excluding ortho intramolecular Hbond substituents is 1. The zero-order valence-corrected chi connectivity index (χ0v) is 14.7. The second kappa shape index (κ2) is 7.37. The van der Waals surface area contributed by atoms with Gasteiger partial charge in [0.1, 0.15) is 11.6 Å². The molecule has 0 fully saturated rings. The Labute approximate surface area is 144 Å². The van der Waals surface area contributed by atoms with Crippen LogP contribution in [0.2, 0.25) is 0 Å². The maximum absolute atomic E-state index is 11.8. The number of benzene rings is 1. The molecule has 1 aromatic rings. The van der Waals surface area contributed by atoms with Gasteiger partial charge in [-0.25, -0.2) is 9.59 Å². The number of aryl methyl sites for hydroxylation is 1. The molecule has 0 bridgehead atoms. The molecule has 9 heteroatoms. The third-order valence-electron chi connectivity index (χ3n) is 3.46. The second-order valence-corrected chi connectivity index (χ2v) is 6.67. The summed E-state index contributed by atoms with van der Waals surface area (Å²) in [5.74, 6) is -1.96. The van der Waals surface area contributed by atoms with Crippen LogP contribution in [0, 0.1) is 24.0 Å². The predicted octanol–water partition coefficient (Wildman–Crippen LogP) is 2.44. The van der Waals surface area contributed by atoms with E-state index in [1.165, 1.54) is 13.0 Å². The van der Waals surface area contributed by atoms with Crippen LogP contribution in [0.15, 0.2) is 6.07 Å². The third kappa shape index (κ3) is 5.33. The number of nitro benzene ring substituents is 1. The summed E-state index contributed by atoms with van der Waals surface area (Å²) in [5.41, 5.74) is -0.414. The van der Waals surface area contributed by atoms with E-state index in [0.29, 0.717) is 11.1 Å². The van der Waals surface area contributed by atoms with Crippen molar-refractivity contribution in [2.24, 2.45) is 0 Å². The van der Waals surface area contributed by atoms with Gasteiger partial charge in [0.15, 0.2) is 5.75 Å². The second-order valence-electron chi connectivity index (χ2n) is 6.67. The van der Waals surface area contributed by atoms with Crippen LogP contribution in [0.4, 0.5) is 10.5 Å². The molecule has 1 rings (SSSR count). The number of nitrogens with one attached hydrogen (secondary N) is 1. The molecule has 9 nitrogen and oxygen atoms in total. The molecular formula is C16H22N2O7. The SMILES string of the molecule is Cc1cc(CC(NC(=O)OC(C)(C)C)C(=O)O)c(O)c([N+](=O)[O-])c1C. The zero-order valence-electron chi connectivity index (χ0n) is 14.7. The molecule has 3 N–H and O–H groups in total. The van der Waals surface area contributed by atoms with Gasteiger partial charge in [-0.1, -0.05) is 6.07 Å². The number of ether oxygens (including phenoxy) is 1. The minimum absolute atomic E-state index is 0.0539. The fourth-order valence-corrected chi connectivity index (χ4v) is 2.20. The number of carboxylic acids is 1. The summed E-state index contributed by atoms with van der Waals surface area (Å²) in [5, 5.41) is 32.8. The molecule has 0 aliphatic heterocycles. The maximum Gasteiger partial charge on any atom is 0.408 e. The van der Waals surface area contributed by atoms with Crippen molar-refractivity contribution in [2.75, 3.05) is 0 Å². The van der Waals surface area contributed by atoms with Crippen molar-refractivity contribution in [3.63, 3.8) is 0 Å². The van der Waals surface area contributed by atoms with Gasteiger partial charge >= 0.3 is 17.7 Å². The highest BCUT2D eigenvalue weighted by Gasteiger charge is 2.28. The molecule has 1 atom stereocenters. The Morgan fingerprint density at radius 1 is 1.36 bits per heavy atom. The molecular weight excluding hydrogens is 332 g/mol. The van der Waals surface area contributed by atoms with E-state index in [9.17, 15) is 29.9 Å². The number of carbonyl (C=O) groups excluding carboxylic acids is 1. The summed E-state index contributed by atoms with van der Waals surface area (Å²) >= 11 is 0. The number of amides is 1. The predicted molar refractivity (Wildman–Crippen MR) is 88.7 cm³/mol. The molecule has 1 aromatic carbocycles. The summed E-state index contributed by atoms with van der Waals surface area (Å²) in [6.45, 7) is 7.98. The lowest BCUT2D eigenvalue weighted by Crippen LogP contribution is -2.44. The lowest BCUT2D eigenvalue weighted by molar-refractivity contribution is -0.386. The van der Waals surface area contributed by atoms with E-state index in [2.05, 4.69) is 5.32 Å². The molecule has 0 saturated carbocycles. The van der Waals surface area contributed by atoms with Crippen LogP contribution >= 0.6 is 0 Å². The Bertz CT molecular complexity index is 707. The van der Waals surface area contributed by atoms with Gasteiger partial charge in [0.05, 0.1) is 4.92 Å². The fraction of sp³-hybridized carbons (Fsp3) is 0.500. The number of hydrogen-bond donors (Lipinski definition) is 3. The first-order valence-electron chi connectivity index (χ1n) is 7.52. The summed E-state index contributed by atoms with van der Waals surface area (Å²) in [7, 11) is 0. The summed E-state index contributed by atoms with van der Waals surface area (Å²) in [4.78, 5) is 33.6. The number of alkyl carbamates (subject to hydrolysis) is 1. The first kappa shape index (κ1) is 20.2. The summed E-state index contributed by atoms with van der Waals surface area (Å²) in [6, 6.07) is 0.0483. The topological polar surface area (TPSA) is 139 Å². The first-order chi connectivity index (χ1) is 11.3. The molecule has 138 valence electrons. The third-order valence-corrected chi connectivity index (χ3v) is 3.46. The Kier molecular flexibility index (Phi) is 5.96. The molecule has 0 aliphatic rings. The molecule has 0 heterocycles. The van der Waals surface area contributed by atoms with Crippen LogP contribution in [0.1, 0.15) is 37.5 Å². The highest BCUT2D eigenvalue weighted by Crippen LogP contribution is 2.36. The van der Waals surface area contributed by atoms with Gasteiger partial charge in [0.25, 0.3) is 0 Å². The number of hydrogen-bond acceptors (Lipinski definition) is 6. The van der Waals surface area contributed by atoms with Crippen LogP contribution in [0.3, 0.4) is 0 Å². The van der Waals surface area contributed by atoms with Crippen molar-refractivity contribution < 1.29 is 29.5 Å². The van der Waals surface area contributed by atoms with Crippen molar-refractivity contribution in [2.45, 2.75) is 52.7 Å². The number of aliphatic carboxylic acids is 1. The van der Waals surface area contributed by atoms with E-state index in [0.717, 1.165) is 0 Å². The van der Waals surface area contributed by atoms with Crippen molar-refractivity contribution in [1.82, 2.24) is 5.32 Å². The molecule has 0 aromatic heterocycles. The van der Waals surface area contributed by atoms with E-state index in [1.54, 1.807) is 27.7 Å². The average molecular weight is 354 g/mol. The standard InChI is InChI=1S/C16H22N2O7/c1-8-6-10(13(19)12(9(8)2)18(23)24)7-11(14(20)21)17-15(22)25-16(3,4)5/h6,11,19H,7H2,1-5H3,(H,17,22)(H,20,21). The minimum Gasteiger partial charge on any atom is -0.502 e. The number of phenols is 1. The van der Waals surface area contributed by atoms with E-state index < -0.39 is 40.1 Å². The van der Waals surface area contributed by atoms with Gasteiger partial charge in [-0.15, -0.1) is 0 Å². The zero-order chi connectivity index (χ0) is 19.5. The van der Waals surface area contributed by atoms with Gasteiger partial charge in [-0.2, -0.15) is 0 Å². The molecule has 0 saturated heterocycles.